The number of carbonyl (C=O) groups is 2. The first-order valence-electron chi connectivity index (χ1n) is 10.4. The lowest BCUT2D eigenvalue weighted by Crippen LogP contribution is -2.39. The number of hydrogen-bond acceptors (Lipinski definition) is 3. The second-order valence-corrected chi connectivity index (χ2v) is 8.50. The van der Waals surface area contributed by atoms with Crippen LogP contribution in [0, 0.1) is 26.7 Å². The van der Waals surface area contributed by atoms with Crippen LogP contribution in [0.25, 0.3) is 5.57 Å². The van der Waals surface area contributed by atoms with Crippen LogP contribution in [0.15, 0.2) is 48.2 Å². The fraction of sp³-hybridized carbons (Fsp3) is 0.360. The largest absolute Gasteiger partial charge is 0.366 e. The van der Waals surface area contributed by atoms with Crippen LogP contribution in [0.1, 0.15) is 42.0 Å². The van der Waals surface area contributed by atoms with Crippen molar-refractivity contribution in [2.24, 2.45) is 5.92 Å². The molecule has 1 fully saturated rings. The number of amides is 2. The predicted octanol–water partition coefficient (Wildman–Crippen LogP) is 4.63. The second kappa shape index (κ2) is 7.51. The van der Waals surface area contributed by atoms with E-state index in [1.54, 1.807) is 0 Å². The van der Waals surface area contributed by atoms with Gasteiger partial charge in [0.2, 0.25) is 0 Å². The van der Waals surface area contributed by atoms with Gasteiger partial charge in [0.05, 0.1) is 11.3 Å². The molecule has 2 aromatic carbocycles. The Kier molecular flexibility index (Phi) is 5.03. The van der Waals surface area contributed by atoms with Crippen LogP contribution in [-0.2, 0) is 9.59 Å². The number of hydrogen-bond donors (Lipinski definition) is 0. The third-order valence-corrected chi connectivity index (χ3v) is 6.09. The second-order valence-electron chi connectivity index (χ2n) is 8.50. The Morgan fingerprint density at radius 3 is 2.41 bits per heavy atom. The highest BCUT2D eigenvalue weighted by atomic mass is 16.2. The van der Waals surface area contributed by atoms with E-state index in [1.807, 2.05) is 56.3 Å². The van der Waals surface area contributed by atoms with Gasteiger partial charge in [0, 0.05) is 13.1 Å². The molecule has 4 heteroatoms. The number of piperidine rings is 1. The van der Waals surface area contributed by atoms with Crippen molar-refractivity contribution in [3.63, 3.8) is 0 Å². The minimum Gasteiger partial charge on any atom is -0.366 e. The van der Waals surface area contributed by atoms with Crippen LogP contribution in [0.5, 0.6) is 0 Å². The summed E-state index contributed by atoms with van der Waals surface area (Å²) in [6.45, 7) is 9.91. The van der Waals surface area contributed by atoms with E-state index in [0.29, 0.717) is 22.9 Å². The topological polar surface area (TPSA) is 40.6 Å². The molecule has 0 aromatic heterocycles. The maximum absolute atomic E-state index is 13.6. The van der Waals surface area contributed by atoms with Crippen molar-refractivity contribution >= 4 is 23.1 Å². The zero-order valence-electron chi connectivity index (χ0n) is 17.7. The monoisotopic (exact) mass is 388 g/mol. The summed E-state index contributed by atoms with van der Waals surface area (Å²) in [6.07, 6.45) is 2.20. The van der Waals surface area contributed by atoms with E-state index in [-0.39, 0.29) is 11.8 Å². The van der Waals surface area contributed by atoms with E-state index in [0.717, 1.165) is 42.6 Å². The summed E-state index contributed by atoms with van der Waals surface area (Å²) in [6, 6.07) is 13.6. The number of benzene rings is 2. The lowest BCUT2D eigenvalue weighted by molar-refractivity contribution is -0.120. The highest BCUT2D eigenvalue weighted by Crippen LogP contribution is 2.37. The Balaban J connectivity index is 1.85. The quantitative estimate of drug-likeness (QED) is 0.720. The molecule has 2 heterocycles. The van der Waals surface area contributed by atoms with Crippen LogP contribution < -0.4 is 4.90 Å². The molecule has 1 saturated heterocycles. The van der Waals surface area contributed by atoms with Crippen molar-refractivity contribution in [2.75, 3.05) is 18.0 Å². The van der Waals surface area contributed by atoms with E-state index in [4.69, 9.17) is 0 Å². The molecule has 2 aliphatic rings. The first-order chi connectivity index (χ1) is 13.9. The predicted molar refractivity (Wildman–Crippen MR) is 116 cm³/mol. The molecule has 0 N–H and O–H groups in total. The Labute approximate surface area is 172 Å². The summed E-state index contributed by atoms with van der Waals surface area (Å²) in [4.78, 5) is 30.6. The molecule has 0 aliphatic carbocycles. The van der Waals surface area contributed by atoms with Crippen LogP contribution in [-0.4, -0.2) is 29.8 Å². The number of nitrogens with zero attached hydrogens (tertiary/aromatic N) is 2. The normalized spacial score (nSPS) is 20.1. The van der Waals surface area contributed by atoms with Gasteiger partial charge in [-0.1, -0.05) is 37.3 Å². The van der Waals surface area contributed by atoms with Gasteiger partial charge in [-0.3, -0.25) is 9.59 Å². The summed E-state index contributed by atoms with van der Waals surface area (Å²) in [5.74, 6) is 0.0770. The van der Waals surface area contributed by atoms with Gasteiger partial charge in [0.1, 0.15) is 5.70 Å². The molecular formula is C25H28N2O2. The lowest BCUT2D eigenvalue weighted by atomic mass is 9.96. The molecular weight excluding hydrogens is 360 g/mol. The summed E-state index contributed by atoms with van der Waals surface area (Å²) in [5, 5.41) is 0. The maximum atomic E-state index is 13.6. The Morgan fingerprint density at radius 2 is 1.72 bits per heavy atom. The van der Waals surface area contributed by atoms with Gasteiger partial charge in [0.15, 0.2) is 0 Å². The summed E-state index contributed by atoms with van der Waals surface area (Å²) >= 11 is 0. The van der Waals surface area contributed by atoms with Gasteiger partial charge < -0.3 is 4.90 Å². The summed E-state index contributed by atoms with van der Waals surface area (Å²) in [7, 11) is 0. The standard InChI is InChI=1S/C25H28N2O2/c1-16-7-5-9-21(13-16)27-24(28)22(20-11-10-18(3)19(4)14-20)23(25(27)29)26-12-6-8-17(2)15-26/h5,7,9-11,13-14,17H,6,8,12,15H2,1-4H3. The highest BCUT2D eigenvalue weighted by Gasteiger charge is 2.43. The molecule has 1 unspecified atom stereocenters. The van der Waals surface area contributed by atoms with Crippen molar-refractivity contribution < 1.29 is 9.59 Å². The molecule has 29 heavy (non-hydrogen) atoms. The van der Waals surface area contributed by atoms with Crippen molar-refractivity contribution in [1.29, 1.82) is 0 Å². The van der Waals surface area contributed by atoms with Crippen LogP contribution in [0.2, 0.25) is 0 Å². The van der Waals surface area contributed by atoms with E-state index in [1.165, 1.54) is 10.5 Å². The molecule has 2 aromatic rings. The number of imide groups is 1. The third-order valence-electron chi connectivity index (χ3n) is 6.09. The molecule has 4 rings (SSSR count). The average Bonchev–Trinajstić information content (AvgIpc) is 2.94. The van der Waals surface area contributed by atoms with Crippen molar-refractivity contribution in [1.82, 2.24) is 4.90 Å². The van der Waals surface area contributed by atoms with E-state index in [2.05, 4.69) is 18.7 Å². The van der Waals surface area contributed by atoms with Crippen LogP contribution in [0.4, 0.5) is 5.69 Å². The number of likely N-dealkylation sites (tertiary alicyclic amines) is 1. The van der Waals surface area contributed by atoms with Crippen molar-refractivity contribution in [3.05, 3.63) is 70.4 Å². The van der Waals surface area contributed by atoms with Crippen molar-refractivity contribution in [2.45, 2.75) is 40.5 Å². The Morgan fingerprint density at radius 1 is 0.931 bits per heavy atom. The Bertz CT molecular complexity index is 1020. The average molecular weight is 389 g/mol. The smallest absolute Gasteiger partial charge is 0.282 e. The number of anilines is 1. The minimum absolute atomic E-state index is 0.206. The van der Waals surface area contributed by atoms with Crippen LogP contribution >= 0.6 is 0 Å². The molecule has 2 aliphatic heterocycles. The lowest BCUT2D eigenvalue weighted by Gasteiger charge is -2.33. The number of aryl methyl sites for hydroxylation is 3. The summed E-state index contributed by atoms with van der Waals surface area (Å²) < 4.78 is 0. The fourth-order valence-electron chi connectivity index (χ4n) is 4.36. The van der Waals surface area contributed by atoms with Gasteiger partial charge in [-0.2, -0.15) is 0 Å². The number of carbonyl (C=O) groups excluding carboxylic acids is 2. The Hall–Kier alpha value is -2.88. The molecule has 2 amide bonds. The molecule has 150 valence electrons. The highest BCUT2D eigenvalue weighted by molar-refractivity contribution is 6.45. The van der Waals surface area contributed by atoms with E-state index >= 15 is 0 Å². The molecule has 0 saturated carbocycles. The van der Waals surface area contributed by atoms with E-state index in [9.17, 15) is 9.59 Å². The zero-order chi connectivity index (χ0) is 20.7. The number of rotatable bonds is 3. The van der Waals surface area contributed by atoms with Crippen LogP contribution in [0.3, 0.4) is 0 Å². The van der Waals surface area contributed by atoms with Gasteiger partial charge >= 0.3 is 0 Å². The van der Waals surface area contributed by atoms with Gasteiger partial charge in [-0.25, -0.2) is 4.90 Å². The molecule has 0 spiro atoms. The summed E-state index contributed by atoms with van der Waals surface area (Å²) in [5.41, 5.74) is 5.89. The maximum Gasteiger partial charge on any atom is 0.282 e. The van der Waals surface area contributed by atoms with E-state index < -0.39 is 0 Å². The first kappa shape index (κ1) is 19.4. The van der Waals surface area contributed by atoms with Gasteiger partial charge in [0.25, 0.3) is 11.8 Å². The molecule has 1 atom stereocenters. The molecule has 0 radical (unpaired) electrons. The third kappa shape index (κ3) is 3.48. The first-order valence-corrected chi connectivity index (χ1v) is 10.4. The fourth-order valence-corrected chi connectivity index (χ4v) is 4.36. The van der Waals surface area contributed by atoms with Crippen molar-refractivity contribution in [3.8, 4) is 0 Å². The van der Waals surface area contributed by atoms with Gasteiger partial charge in [-0.15, -0.1) is 0 Å². The SMILES string of the molecule is Cc1cccc(N2C(=O)C(c3ccc(C)c(C)c3)=C(N3CCCC(C)C3)C2=O)c1. The minimum atomic E-state index is -0.225. The van der Waals surface area contributed by atoms with Gasteiger partial charge in [-0.05, 0) is 73.9 Å². The molecule has 0 bridgehead atoms. The zero-order valence-corrected chi connectivity index (χ0v) is 17.7. The molecule has 4 nitrogen and oxygen atoms in total.